The molecule has 0 amide bonds. The van der Waals surface area contributed by atoms with Crippen molar-refractivity contribution in [2.75, 3.05) is 0 Å². The lowest BCUT2D eigenvalue weighted by Crippen LogP contribution is -2.56. The topological polar surface area (TPSA) is 76.4 Å². The number of dihydropyridines is 1. The zero-order valence-electron chi connectivity index (χ0n) is 16.8. The fraction of sp³-hybridized carbons (Fsp3) is 0.292. The van der Waals surface area contributed by atoms with Crippen LogP contribution in [0.4, 0.5) is 0 Å². The van der Waals surface area contributed by atoms with Gasteiger partial charge in [0.1, 0.15) is 5.54 Å². The molecule has 0 bridgehead atoms. The first kappa shape index (κ1) is 18.5. The Kier molecular flexibility index (Phi) is 4.39. The first-order valence-corrected chi connectivity index (χ1v) is 9.78. The van der Waals surface area contributed by atoms with Gasteiger partial charge in [-0.2, -0.15) is 0 Å². The first-order chi connectivity index (χ1) is 13.3. The summed E-state index contributed by atoms with van der Waals surface area (Å²) in [6.07, 6.45) is 14.3. The van der Waals surface area contributed by atoms with Crippen molar-refractivity contribution in [1.82, 2.24) is 5.32 Å². The standard InChI is InChI=1S/C24H28N4/c1-16-5-4-14-24-20(21(25)15-27-22(16)24)13-12-19(28-24)11-8-17-6-9-18(10-7-17)23(2,3)26/h4-7,9-10,12-15,28H,8,11,25-26H2,1-3H3. The molecule has 2 heterocycles. The smallest absolute Gasteiger partial charge is 0.126 e. The molecule has 4 nitrogen and oxygen atoms in total. The third kappa shape index (κ3) is 3.14. The van der Waals surface area contributed by atoms with E-state index >= 15 is 0 Å². The Morgan fingerprint density at radius 2 is 1.82 bits per heavy atom. The van der Waals surface area contributed by atoms with Crippen LogP contribution in [0.1, 0.15) is 38.3 Å². The number of hydrogen-bond donors (Lipinski definition) is 3. The molecule has 1 unspecified atom stereocenters. The van der Waals surface area contributed by atoms with Gasteiger partial charge in [-0.15, -0.1) is 0 Å². The number of hydrogen-bond acceptors (Lipinski definition) is 4. The number of nitrogens with two attached hydrogens (primary N) is 2. The van der Waals surface area contributed by atoms with Gasteiger partial charge in [-0.05, 0) is 62.5 Å². The molecular formula is C24H28N4. The number of aliphatic imine (C=N–C) groups is 1. The van der Waals surface area contributed by atoms with Gasteiger partial charge in [-0.3, -0.25) is 4.99 Å². The van der Waals surface area contributed by atoms with Crippen molar-refractivity contribution in [3.63, 3.8) is 0 Å². The Labute approximate surface area is 167 Å². The normalized spacial score (nSPS) is 23.4. The maximum Gasteiger partial charge on any atom is 0.126 e. The number of nitrogens with zero attached hydrogens (tertiary/aromatic N) is 1. The van der Waals surface area contributed by atoms with Gasteiger partial charge >= 0.3 is 0 Å². The summed E-state index contributed by atoms with van der Waals surface area (Å²) in [5, 5.41) is 3.73. The van der Waals surface area contributed by atoms with Gasteiger partial charge in [0.2, 0.25) is 0 Å². The van der Waals surface area contributed by atoms with E-state index in [9.17, 15) is 0 Å². The average Bonchev–Trinajstić information content (AvgIpc) is 2.65. The van der Waals surface area contributed by atoms with E-state index in [2.05, 4.69) is 71.9 Å². The van der Waals surface area contributed by atoms with Crippen LogP contribution >= 0.6 is 0 Å². The fourth-order valence-corrected chi connectivity index (χ4v) is 4.06. The van der Waals surface area contributed by atoms with E-state index in [4.69, 9.17) is 11.5 Å². The SMILES string of the molecule is CC1=CC=CC23NC(CCc4ccc(C(C)(C)N)cc4)=CC=C2C(N)=CN=C13. The molecule has 1 aromatic carbocycles. The minimum absolute atomic E-state index is 0.310. The van der Waals surface area contributed by atoms with Crippen LogP contribution in [-0.4, -0.2) is 11.3 Å². The monoisotopic (exact) mass is 372 g/mol. The van der Waals surface area contributed by atoms with Crippen molar-refractivity contribution in [1.29, 1.82) is 0 Å². The molecule has 0 aromatic heterocycles. The van der Waals surface area contributed by atoms with Gasteiger partial charge in [-0.1, -0.05) is 42.5 Å². The number of aryl methyl sites for hydroxylation is 1. The molecule has 4 rings (SSSR count). The highest BCUT2D eigenvalue weighted by Crippen LogP contribution is 2.37. The van der Waals surface area contributed by atoms with Crippen LogP contribution in [0.2, 0.25) is 0 Å². The van der Waals surface area contributed by atoms with Crippen LogP contribution in [0, 0.1) is 0 Å². The van der Waals surface area contributed by atoms with Crippen molar-refractivity contribution in [2.45, 2.75) is 44.7 Å². The van der Waals surface area contributed by atoms with Crippen molar-refractivity contribution >= 4 is 5.71 Å². The molecule has 1 spiro atoms. The number of benzene rings is 1. The van der Waals surface area contributed by atoms with Crippen molar-refractivity contribution in [3.05, 3.63) is 94.5 Å². The van der Waals surface area contributed by atoms with E-state index in [1.54, 1.807) is 6.20 Å². The maximum atomic E-state index is 6.25. The molecule has 5 N–H and O–H groups in total. The average molecular weight is 373 g/mol. The van der Waals surface area contributed by atoms with Crippen LogP contribution in [0.5, 0.6) is 0 Å². The van der Waals surface area contributed by atoms with Crippen molar-refractivity contribution in [2.24, 2.45) is 16.5 Å². The van der Waals surface area contributed by atoms with E-state index in [-0.39, 0.29) is 5.54 Å². The zero-order chi connectivity index (χ0) is 19.9. The molecule has 3 aliphatic rings. The highest BCUT2D eigenvalue weighted by Gasteiger charge is 2.43. The highest BCUT2D eigenvalue weighted by atomic mass is 15.0. The minimum Gasteiger partial charge on any atom is -0.397 e. The lowest BCUT2D eigenvalue weighted by atomic mass is 9.74. The number of allylic oxidation sites excluding steroid dienone is 5. The number of nitrogens with one attached hydrogen (secondary N) is 1. The quantitative estimate of drug-likeness (QED) is 0.754. The molecule has 4 heteroatoms. The Balaban J connectivity index is 1.54. The van der Waals surface area contributed by atoms with Gasteiger partial charge in [0.05, 0.1) is 17.6 Å². The maximum absolute atomic E-state index is 6.25. The summed E-state index contributed by atoms with van der Waals surface area (Å²) in [6, 6.07) is 8.61. The lowest BCUT2D eigenvalue weighted by Gasteiger charge is -2.42. The van der Waals surface area contributed by atoms with E-state index in [1.165, 1.54) is 11.3 Å². The Bertz CT molecular complexity index is 978. The summed E-state index contributed by atoms with van der Waals surface area (Å²) in [5.74, 6) is 0. The largest absolute Gasteiger partial charge is 0.397 e. The predicted molar refractivity (Wildman–Crippen MR) is 117 cm³/mol. The van der Waals surface area contributed by atoms with Gasteiger partial charge in [0.25, 0.3) is 0 Å². The molecule has 2 aliphatic heterocycles. The van der Waals surface area contributed by atoms with E-state index in [0.29, 0.717) is 5.70 Å². The highest BCUT2D eigenvalue weighted by molar-refractivity contribution is 6.13. The van der Waals surface area contributed by atoms with E-state index in [1.807, 2.05) is 13.8 Å². The molecular weight excluding hydrogens is 344 g/mol. The predicted octanol–water partition coefficient (Wildman–Crippen LogP) is 3.74. The second-order valence-electron chi connectivity index (χ2n) is 8.39. The lowest BCUT2D eigenvalue weighted by molar-refractivity contribution is 0.554. The molecule has 1 aliphatic carbocycles. The number of rotatable bonds is 4. The summed E-state index contributed by atoms with van der Waals surface area (Å²) < 4.78 is 0. The first-order valence-electron chi connectivity index (χ1n) is 9.78. The van der Waals surface area contributed by atoms with Crippen LogP contribution < -0.4 is 16.8 Å². The van der Waals surface area contributed by atoms with Gasteiger partial charge in [-0.25, -0.2) is 0 Å². The van der Waals surface area contributed by atoms with E-state index in [0.717, 1.165) is 35.3 Å². The molecule has 0 saturated carbocycles. The van der Waals surface area contributed by atoms with Crippen molar-refractivity contribution < 1.29 is 0 Å². The van der Waals surface area contributed by atoms with Crippen LogP contribution in [0.25, 0.3) is 0 Å². The summed E-state index contributed by atoms with van der Waals surface area (Å²) >= 11 is 0. The summed E-state index contributed by atoms with van der Waals surface area (Å²) in [6.45, 7) is 6.15. The summed E-state index contributed by atoms with van der Waals surface area (Å²) in [5.41, 5.74) is 19.3. The molecule has 28 heavy (non-hydrogen) atoms. The summed E-state index contributed by atoms with van der Waals surface area (Å²) in [7, 11) is 0. The fourth-order valence-electron chi connectivity index (χ4n) is 4.06. The van der Waals surface area contributed by atoms with Gasteiger partial charge in [0.15, 0.2) is 0 Å². The Hall–Kier alpha value is -2.85. The summed E-state index contributed by atoms with van der Waals surface area (Å²) in [4.78, 5) is 4.64. The van der Waals surface area contributed by atoms with Crippen LogP contribution in [0.3, 0.4) is 0 Å². The Morgan fingerprint density at radius 1 is 1.07 bits per heavy atom. The molecule has 1 atom stereocenters. The van der Waals surface area contributed by atoms with Crippen molar-refractivity contribution in [3.8, 4) is 0 Å². The molecule has 0 saturated heterocycles. The molecule has 0 fully saturated rings. The van der Waals surface area contributed by atoms with Crippen LogP contribution in [0.15, 0.2) is 88.4 Å². The minimum atomic E-state index is -0.449. The molecule has 144 valence electrons. The van der Waals surface area contributed by atoms with E-state index < -0.39 is 5.54 Å². The third-order valence-corrected chi connectivity index (χ3v) is 5.70. The van der Waals surface area contributed by atoms with Gasteiger partial charge in [0, 0.05) is 16.8 Å². The Morgan fingerprint density at radius 3 is 2.54 bits per heavy atom. The second-order valence-corrected chi connectivity index (χ2v) is 8.39. The zero-order valence-corrected chi connectivity index (χ0v) is 16.8. The molecule has 0 radical (unpaired) electrons. The molecule has 1 aromatic rings. The van der Waals surface area contributed by atoms with Crippen LogP contribution in [-0.2, 0) is 12.0 Å². The second kappa shape index (κ2) is 6.64. The van der Waals surface area contributed by atoms with Gasteiger partial charge < -0.3 is 16.8 Å². The third-order valence-electron chi connectivity index (χ3n) is 5.70.